The molecule has 1 saturated carbocycles. The molecule has 104 valence electrons. The van der Waals surface area contributed by atoms with Crippen LogP contribution in [0, 0.1) is 5.41 Å². The lowest BCUT2D eigenvalue weighted by atomic mass is 9.64. The standard InChI is InChI=1S/C14H19NO4/c1-4-19-11-7-10(14(11,2)3)15-8-9(13(17)18)5-6-12(15)16/h5-6,8,10-11H,4,7H2,1-3H3,(H,17,18). The first-order valence-electron chi connectivity index (χ1n) is 6.45. The van der Waals surface area contributed by atoms with E-state index in [9.17, 15) is 9.59 Å². The van der Waals surface area contributed by atoms with Crippen molar-refractivity contribution >= 4 is 5.97 Å². The Bertz CT molecular complexity index is 547. The molecule has 1 fully saturated rings. The van der Waals surface area contributed by atoms with E-state index in [0.717, 1.165) is 6.42 Å². The van der Waals surface area contributed by atoms with Crippen molar-refractivity contribution in [3.05, 3.63) is 34.2 Å². The van der Waals surface area contributed by atoms with Crippen LogP contribution in [-0.2, 0) is 4.74 Å². The Morgan fingerprint density at radius 3 is 2.74 bits per heavy atom. The van der Waals surface area contributed by atoms with E-state index in [-0.39, 0.29) is 28.7 Å². The van der Waals surface area contributed by atoms with E-state index in [2.05, 4.69) is 0 Å². The number of carbonyl (C=O) groups is 1. The number of hydrogen-bond acceptors (Lipinski definition) is 3. The summed E-state index contributed by atoms with van der Waals surface area (Å²) >= 11 is 0. The Morgan fingerprint density at radius 2 is 2.21 bits per heavy atom. The van der Waals surface area contributed by atoms with E-state index in [1.807, 2.05) is 20.8 Å². The molecule has 0 aliphatic heterocycles. The number of aromatic nitrogens is 1. The van der Waals surface area contributed by atoms with Crippen LogP contribution in [-0.4, -0.2) is 28.4 Å². The first-order valence-corrected chi connectivity index (χ1v) is 6.45. The van der Waals surface area contributed by atoms with Gasteiger partial charge in [-0.25, -0.2) is 4.79 Å². The van der Waals surface area contributed by atoms with Crippen LogP contribution in [0.3, 0.4) is 0 Å². The molecule has 1 aromatic heterocycles. The van der Waals surface area contributed by atoms with E-state index in [0.29, 0.717) is 6.61 Å². The third-order valence-electron chi connectivity index (χ3n) is 4.01. The van der Waals surface area contributed by atoms with Crippen LogP contribution in [0.15, 0.2) is 23.1 Å². The number of carboxylic acids is 1. The molecule has 0 aromatic carbocycles. The first-order chi connectivity index (χ1) is 8.87. The smallest absolute Gasteiger partial charge is 0.337 e. The Kier molecular flexibility index (Phi) is 3.49. The normalized spacial score (nSPS) is 24.8. The van der Waals surface area contributed by atoms with Gasteiger partial charge in [-0.2, -0.15) is 0 Å². The third-order valence-corrected chi connectivity index (χ3v) is 4.01. The molecule has 0 spiro atoms. The number of ether oxygens (including phenoxy) is 1. The van der Waals surface area contributed by atoms with Gasteiger partial charge in [-0.3, -0.25) is 4.79 Å². The monoisotopic (exact) mass is 265 g/mol. The van der Waals surface area contributed by atoms with E-state index < -0.39 is 5.97 Å². The molecular formula is C14H19NO4. The predicted molar refractivity (Wildman–Crippen MR) is 70.5 cm³/mol. The van der Waals surface area contributed by atoms with Crippen molar-refractivity contribution in [3.63, 3.8) is 0 Å². The quantitative estimate of drug-likeness (QED) is 0.903. The molecule has 1 aliphatic carbocycles. The van der Waals surface area contributed by atoms with Gasteiger partial charge in [0.2, 0.25) is 0 Å². The third kappa shape index (κ3) is 2.30. The largest absolute Gasteiger partial charge is 0.478 e. The summed E-state index contributed by atoms with van der Waals surface area (Å²) in [5.74, 6) is -1.02. The van der Waals surface area contributed by atoms with Crippen molar-refractivity contribution in [1.82, 2.24) is 4.57 Å². The van der Waals surface area contributed by atoms with Crippen LogP contribution in [0.5, 0.6) is 0 Å². The summed E-state index contributed by atoms with van der Waals surface area (Å²) in [5.41, 5.74) is -0.204. The van der Waals surface area contributed by atoms with E-state index in [1.165, 1.54) is 22.9 Å². The Labute approximate surface area is 111 Å². The van der Waals surface area contributed by atoms with Gasteiger partial charge in [0, 0.05) is 30.3 Å². The lowest BCUT2D eigenvalue weighted by Gasteiger charge is -2.52. The zero-order chi connectivity index (χ0) is 14.2. The molecule has 0 amide bonds. The fraction of sp³-hybridized carbons (Fsp3) is 0.571. The summed E-state index contributed by atoms with van der Waals surface area (Å²) in [4.78, 5) is 22.9. The predicted octanol–water partition coefficient (Wildman–Crippen LogP) is 1.92. The average molecular weight is 265 g/mol. The molecule has 0 saturated heterocycles. The minimum absolute atomic E-state index is 0.0177. The average Bonchev–Trinajstić information content (AvgIpc) is 2.35. The van der Waals surface area contributed by atoms with Crippen molar-refractivity contribution in [2.75, 3.05) is 6.61 Å². The zero-order valence-corrected chi connectivity index (χ0v) is 11.4. The van der Waals surface area contributed by atoms with Gasteiger partial charge in [-0.05, 0) is 19.4 Å². The van der Waals surface area contributed by atoms with Crippen LogP contribution in [0.2, 0.25) is 0 Å². The van der Waals surface area contributed by atoms with Crippen LogP contribution in [0.4, 0.5) is 0 Å². The molecule has 19 heavy (non-hydrogen) atoms. The second-order valence-corrected chi connectivity index (χ2v) is 5.49. The molecule has 0 radical (unpaired) electrons. The zero-order valence-electron chi connectivity index (χ0n) is 11.4. The minimum atomic E-state index is -1.02. The van der Waals surface area contributed by atoms with Gasteiger partial charge in [0.15, 0.2) is 0 Å². The molecule has 5 nitrogen and oxygen atoms in total. The van der Waals surface area contributed by atoms with Crippen molar-refractivity contribution < 1.29 is 14.6 Å². The van der Waals surface area contributed by atoms with Crippen molar-refractivity contribution in [3.8, 4) is 0 Å². The van der Waals surface area contributed by atoms with Crippen LogP contribution >= 0.6 is 0 Å². The molecule has 2 unspecified atom stereocenters. The highest BCUT2D eigenvalue weighted by Crippen LogP contribution is 2.50. The van der Waals surface area contributed by atoms with E-state index in [1.54, 1.807) is 0 Å². The number of carboxylic acid groups (broad SMARTS) is 1. The lowest BCUT2D eigenvalue weighted by molar-refractivity contribution is -0.128. The molecule has 2 rings (SSSR count). The van der Waals surface area contributed by atoms with Crippen LogP contribution in [0.25, 0.3) is 0 Å². The lowest BCUT2D eigenvalue weighted by Crippen LogP contribution is -2.53. The van der Waals surface area contributed by atoms with Crippen LogP contribution in [0.1, 0.15) is 43.6 Å². The SMILES string of the molecule is CCOC1CC(n2cc(C(=O)O)ccc2=O)C1(C)C. The summed E-state index contributed by atoms with van der Waals surface area (Å²) in [7, 11) is 0. The number of hydrogen-bond donors (Lipinski definition) is 1. The minimum Gasteiger partial charge on any atom is -0.478 e. The molecular weight excluding hydrogens is 246 g/mol. The second-order valence-electron chi connectivity index (χ2n) is 5.49. The Morgan fingerprint density at radius 1 is 1.53 bits per heavy atom. The number of aromatic carboxylic acids is 1. The van der Waals surface area contributed by atoms with Crippen LogP contribution < -0.4 is 5.56 Å². The fourth-order valence-electron chi connectivity index (χ4n) is 2.69. The molecule has 1 N–H and O–H groups in total. The van der Waals surface area contributed by atoms with Crippen molar-refractivity contribution in [2.24, 2.45) is 5.41 Å². The highest BCUT2D eigenvalue weighted by Gasteiger charge is 2.50. The second kappa shape index (κ2) is 4.81. The Balaban J connectivity index is 2.31. The fourth-order valence-corrected chi connectivity index (χ4v) is 2.69. The maximum atomic E-state index is 11.9. The molecule has 1 aliphatic rings. The van der Waals surface area contributed by atoms with Gasteiger partial charge in [-0.1, -0.05) is 13.8 Å². The van der Waals surface area contributed by atoms with Gasteiger partial charge < -0.3 is 14.4 Å². The Hall–Kier alpha value is -1.62. The molecule has 0 bridgehead atoms. The van der Waals surface area contributed by atoms with E-state index in [4.69, 9.17) is 9.84 Å². The molecule has 2 atom stereocenters. The maximum Gasteiger partial charge on any atom is 0.337 e. The first kappa shape index (κ1) is 13.8. The molecule has 1 aromatic rings. The van der Waals surface area contributed by atoms with Gasteiger partial charge >= 0.3 is 5.97 Å². The summed E-state index contributed by atoms with van der Waals surface area (Å²) in [6.45, 7) is 6.67. The number of rotatable bonds is 4. The summed E-state index contributed by atoms with van der Waals surface area (Å²) < 4.78 is 7.16. The number of pyridine rings is 1. The summed E-state index contributed by atoms with van der Waals surface area (Å²) in [6, 6.07) is 2.64. The summed E-state index contributed by atoms with van der Waals surface area (Å²) in [6.07, 6.45) is 2.28. The van der Waals surface area contributed by atoms with Gasteiger partial charge in [-0.15, -0.1) is 0 Å². The number of nitrogens with zero attached hydrogens (tertiary/aromatic N) is 1. The molecule has 5 heteroatoms. The van der Waals surface area contributed by atoms with E-state index >= 15 is 0 Å². The van der Waals surface area contributed by atoms with Gasteiger partial charge in [0.25, 0.3) is 5.56 Å². The van der Waals surface area contributed by atoms with Gasteiger partial charge in [0.1, 0.15) is 0 Å². The van der Waals surface area contributed by atoms with Gasteiger partial charge in [0.05, 0.1) is 11.7 Å². The topological polar surface area (TPSA) is 68.5 Å². The van der Waals surface area contributed by atoms with Crippen molar-refractivity contribution in [1.29, 1.82) is 0 Å². The van der Waals surface area contributed by atoms with Crippen molar-refractivity contribution in [2.45, 2.75) is 39.3 Å². The maximum absolute atomic E-state index is 11.9. The highest BCUT2D eigenvalue weighted by molar-refractivity contribution is 5.87. The molecule has 1 heterocycles. The highest BCUT2D eigenvalue weighted by atomic mass is 16.5. The summed E-state index contributed by atoms with van der Waals surface area (Å²) in [5, 5.41) is 9.00.